The van der Waals surface area contributed by atoms with E-state index in [0.29, 0.717) is 0 Å². The molecule has 74 valence electrons. The molecule has 0 radical (unpaired) electrons. The first-order valence-corrected chi connectivity index (χ1v) is 7.08. The van der Waals surface area contributed by atoms with Gasteiger partial charge in [0.15, 0.2) is 8.07 Å². The maximum Gasteiger partial charge on any atom is 0.189 e. The molecule has 0 aliphatic heterocycles. The zero-order valence-electron chi connectivity index (χ0n) is 8.50. The molecule has 0 amide bonds. The highest BCUT2D eigenvalue weighted by atomic mass is 28.3. The van der Waals surface area contributed by atoms with E-state index in [1.807, 2.05) is 12.2 Å². The Morgan fingerprint density at radius 1 is 1.27 bits per heavy atom. The van der Waals surface area contributed by atoms with Crippen molar-refractivity contribution in [3.63, 3.8) is 0 Å². The highest BCUT2D eigenvalue weighted by Gasteiger charge is 2.23. The van der Waals surface area contributed by atoms with Crippen LogP contribution in [0.5, 0.6) is 0 Å². The molecule has 1 rings (SSSR count). The molecule has 0 aliphatic carbocycles. The molecule has 0 bridgehead atoms. The van der Waals surface area contributed by atoms with Gasteiger partial charge in [-0.05, 0) is 23.4 Å². The Labute approximate surface area is 90.8 Å². The van der Waals surface area contributed by atoms with E-state index in [0.717, 1.165) is 5.19 Å². The predicted octanol–water partition coefficient (Wildman–Crippen LogP) is 2.01. The van der Waals surface area contributed by atoms with Crippen molar-refractivity contribution >= 4 is 13.3 Å². The van der Waals surface area contributed by atoms with E-state index in [2.05, 4.69) is 11.5 Å². The molecule has 2 heteroatoms. The van der Waals surface area contributed by atoms with Gasteiger partial charge in [-0.15, -0.1) is 18.4 Å². The second kappa shape index (κ2) is 4.64. The fraction of sp³-hybridized carbons (Fsp3) is 0.0769. The van der Waals surface area contributed by atoms with Crippen LogP contribution in [0.3, 0.4) is 0 Å². The van der Waals surface area contributed by atoms with E-state index >= 15 is 0 Å². The van der Waals surface area contributed by atoms with Gasteiger partial charge in [0.2, 0.25) is 0 Å². The Morgan fingerprint density at radius 3 is 2.33 bits per heavy atom. The normalized spacial score (nSPS) is 14.1. The number of terminal acetylenes is 2. The molecule has 0 fully saturated rings. The molecule has 0 N–H and O–H groups in total. The fourth-order valence-electron chi connectivity index (χ4n) is 1.24. The van der Waals surface area contributed by atoms with Gasteiger partial charge in [0.25, 0.3) is 0 Å². The molecule has 0 saturated carbocycles. The summed E-state index contributed by atoms with van der Waals surface area (Å²) in [6, 6.07) is 6.29. The maximum absolute atomic E-state index is 12.7. The second-order valence-corrected chi connectivity index (χ2v) is 6.96. The summed E-state index contributed by atoms with van der Waals surface area (Å²) in [5.41, 5.74) is 4.67. The zero-order valence-corrected chi connectivity index (χ0v) is 9.50. The molecular formula is C13H11FSi. The standard InChI is InChI=1S/C13H11FSi/c1-4-6-11-15(3,5-2)13-9-7-12(14)8-10-13/h1-2,6-11H,3H3. The van der Waals surface area contributed by atoms with Gasteiger partial charge in [0, 0.05) is 0 Å². The summed E-state index contributed by atoms with van der Waals surface area (Å²) in [7, 11) is -2.11. The minimum absolute atomic E-state index is 0.256. The molecule has 15 heavy (non-hydrogen) atoms. The van der Waals surface area contributed by atoms with E-state index in [1.165, 1.54) is 12.1 Å². The summed E-state index contributed by atoms with van der Waals surface area (Å²) in [6.07, 6.45) is 12.3. The third-order valence-corrected chi connectivity index (χ3v) is 5.22. The number of rotatable bonds is 2. The Balaban J connectivity index is 3.14. The van der Waals surface area contributed by atoms with Gasteiger partial charge in [-0.25, -0.2) is 4.39 Å². The van der Waals surface area contributed by atoms with Crippen LogP contribution < -0.4 is 5.19 Å². The van der Waals surface area contributed by atoms with E-state index in [4.69, 9.17) is 12.8 Å². The van der Waals surface area contributed by atoms with Crippen LogP contribution in [0.25, 0.3) is 0 Å². The van der Waals surface area contributed by atoms with Gasteiger partial charge in [-0.3, -0.25) is 0 Å². The van der Waals surface area contributed by atoms with Crippen LogP contribution >= 0.6 is 0 Å². The summed E-state index contributed by atoms with van der Waals surface area (Å²) in [5, 5.41) is 0.984. The van der Waals surface area contributed by atoms with Gasteiger partial charge in [0.05, 0.1) is 0 Å². The van der Waals surface area contributed by atoms with Gasteiger partial charge >= 0.3 is 0 Å². The highest BCUT2D eigenvalue weighted by Crippen LogP contribution is 2.05. The molecule has 0 saturated heterocycles. The lowest BCUT2D eigenvalue weighted by atomic mass is 10.3. The van der Waals surface area contributed by atoms with Gasteiger partial charge in [-0.2, -0.15) is 0 Å². The molecule has 1 aromatic carbocycles. The van der Waals surface area contributed by atoms with Crippen LogP contribution in [0.1, 0.15) is 0 Å². The third-order valence-electron chi connectivity index (χ3n) is 2.26. The summed E-state index contributed by atoms with van der Waals surface area (Å²) in [6.45, 7) is 1.99. The minimum Gasteiger partial charge on any atom is -0.207 e. The monoisotopic (exact) mass is 214 g/mol. The second-order valence-electron chi connectivity index (χ2n) is 3.35. The van der Waals surface area contributed by atoms with Crippen LogP contribution in [0.2, 0.25) is 6.55 Å². The minimum atomic E-state index is -2.11. The first kappa shape index (κ1) is 11.3. The first-order valence-electron chi connectivity index (χ1n) is 4.50. The van der Waals surface area contributed by atoms with Crippen molar-refractivity contribution < 1.29 is 4.39 Å². The number of benzene rings is 1. The van der Waals surface area contributed by atoms with E-state index < -0.39 is 8.07 Å². The van der Waals surface area contributed by atoms with Crippen molar-refractivity contribution in [1.82, 2.24) is 0 Å². The summed E-state index contributed by atoms with van der Waals surface area (Å²) < 4.78 is 12.7. The van der Waals surface area contributed by atoms with Crippen LogP contribution in [-0.4, -0.2) is 8.07 Å². The number of hydrogen-bond donors (Lipinski definition) is 0. The highest BCUT2D eigenvalue weighted by molar-refractivity contribution is 7.01. The molecule has 1 aromatic rings. The molecule has 0 nitrogen and oxygen atoms in total. The average molecular weight is 214 g/mol. The maximum atomic E-state index is 12.7. The Kier molecular flexibility index (Phi) is 3.50. The Bertz CT molecular complexity index is 445. The molecule has 0 spiro atoms. The van der Waals surface area contributed by atoms with Crippen molar-refractivity contribution in [1.29, 1.82) is 0 Å². The van der Waals surface area contributed by atoms with Gasteiger partial charge in [-0.1, -0.05) is 30.3 Å². The first-order chi connectivity index (χ1) is 7.12. The summed E-state index contributed by atoms with van der Waals surface area (Å²) in [4.78, 5) is 0. The predicted molar refractivity (Wildman–Crippen MR) is 64.5 cm³/mol. The summed E-state index contributed by atoms with van der Waals surface area (Å²) in [5.74, 6) is 2.17. The van der Waals surface area contributed by atoms with Crippen molar-refractivity contribution in [3.8, 4) is 24.3 Å². The lowest BCUT2D eigenvalue weighted by Gasteiger charge is -2.16. The van der Waals surface area contributed by atoms with Crippen LogP contribution in [0.4, 0.5) is 4.39 Å². The van der Waals surface area contributed by atoms with Gasteiger partial charge in [0.1, 0.15) is 5.82 Å². The Hall–Kier alpha value is -1.77. The van der Waals surface area contributed by atoms with Crippen molar-refractivity contribution in [2.24, 2.45) is 0 Å². The van der Waals surface area contributed by atoms with Crippen molar-refractivity contribution in [2.75, 3.05) is 0 Å². The van der Waals surface area contributed by atoms with Crippen LogP contribution in [0, 0.1) is 30.1 Å². The van der Waals surface area contributed by atoms with Gasteiger partial charge < -0.3 is 0 Å². The Morgan fingerprint density at radius 2 is 1.87 bits per heavy atom. The quantitative estimate of drug-likeness (QED) is 0.522. The molecule has 1 atom stereocenters. The average Bonchev–Trinajstić information content (AvgIpc) is 2.27. The van der Waals surface area contributed by atoms with Crippen molar-refractivity contribution in [2.45, 2.75) is 6.55 Å². The molecular weight excluding hydrogens is 203 g/mol. The van der Waals surface area contributed by atoms with Crippen molar-refractivity contribution in [3.05, 3.63) is 41.9 Å². The topological polar surface area (TPSA) is 0 Å². The lowest BCUT2D eigenvalue weighted by Crippen LogP contribution is -2.41. The zero-order chi connectivity index (χ0) is 11.3. The third kappa shape index (κ3) is 2.59. The molecule has 0 aliphatic rings. The summed E-state index contributed by atoms with van der Waals surface area (Å²) >= 11 is 0. The smallest absolute Gasteiger partial charge is 0.189 e. The largest absolute Gasteiger partial charge is 0.207 e. The van der Waals surface area contributed by atoms with E-state index in [-0.39, 0.29) is 5.82 Å². The van der Waals surface area contributed by atoms with E-state index in [1.54, 1.807) is 18.2 Å². The van der Waals surface area contributed by atoms with Crippen LogP contribution in [0.15, 0.2) is 36.0 Å². The van der Waals surface area contributed by atoms with E-state index in [9.17, 15) is 4.39 Å². The number of halogens is 1. The fourth-order valence-corrected chi connectivity index (χ4v) is 2.98. The lowest BCUT2D eigenvalue weighted by molar-refractivity contribution is 0.628. The van der Waals surface area contributed by atoms with Crippen LogP contribution in [-0.2, 0) is 0 Å². The molecule has 0 aromatic heterocycles. The molecule has 1 unspecified atom stereocenters. The number of allylic oxidation sites excluding steroid dienone is 1. The SMILES string of the molecule is C#CC=C[Si](C)(C#C)c1ccc(F)cc1. The molecule has 0 heterocycles. The number of hydrogen-bond acceptors (Lipinski definition) is 0.